The van der Waals surface area contributed by atoms with Gasteiger partial charge in [0.1, 0.15) is 12.4 Å². The van der Waals surface area contributed by atoms with E-state index in [0.717, 1.165) is 13.0 Å². The molecule has 1 saturated heterocycles. The number of amides is 2. The third-order valence-corrected chi connectivity index (χ3v) is 4.41. The second-order valence-corrected chi connectivity index (χ2v) is 6.18. The molecule has 0 bridgehead atoms. The van der Waals surface area contributed by atoms with Crippen molar-refractivity contribution in [3.05, 3.63) is 54.4 Å². The molecule has 0 aliphatic carbocycles. The zero-order valence-electron chi connectivity index (χ0n) is 14.5. The molecule has 1 N–H and O–H groups in total. The number of carbonyl (C=O) groups is 2. The summed E-state index contributed by atoms with van der Waals surface area (Å²) in [5.74, 6) is -0.882. The number of ether oxygens (including phenoxy) is 1. The molecular formula is C18H21FN4O3. The Morgan fingerprint density at radius 1 is 1.38 bits per heavy atom. The summed E-state index contributed by atoms with van der Waals surface area (Å²) in [4.78, 5) is 30.0. The number of halogens is 1. The highest BCUT2D eigenvalue weighted by molar-refractivity contribution is 5.86. The van der Waals surface area contributed by atoms with Crippen LogP contribution < -0.4 is 5.32 Å². The number of hydrogen-bond donors (Lipinski definition) is 1. The molecule has 2 heterocycles. The van der Waals surface area contributed by atoms with Gasteiger partial charge >= 0.3 is 0 Å². The normalized spacial score (nSPS) is 20.2. The predicted octanol–water partition coefficient (Wildman–Crippen LogP) is 1.13. The van der Waals surface area contributed by atoms with Gasteiger partial charge in [0.05, 0.1) is 12.4 Å². The van der Waals surface area contributed by atoms with Gasteiger partial charge in [-0.05, 0) is 24.1 Å². The lowest BCUT2D eigenvalue weighted by Gasteiger charge is -2.38. The highest BCUT2D eigenvalue weighted by atomic mass is 19.1. The molecule has 26 heavy (non-hydrogen) atoms. The molecule has 2 amide bonds. The van der Waals surface area contributed by atoms with E-state index in [0.29, 0.717) is 12.1 Å². The number of nitrogens with one attached hydrogen (secondary N) is 1. The molecule has 1 aliphatic heterocycles. The highest BCUT2D eigenvalue weighted by Gasteiger charge is 2.39. The molecule has 1 aromatic carbocycles. The van der Waals surface area contributed by atoms with Crippen molar-refractivity contribution >= 4 is 11.8 Å². The summed E-state index contributed by atoms with van der Waals surface area (Å²) < 4.78 is 20.6. The van der Waals surface area contributed by atoms with Crippen molar-refractivity contribution in [2.45, 2.75) is 25.1 Å². The molecule has 2 atom stereocenters. The largest absolute Gasteiger partial charge is 0.356 e. The number of likely N-dealkylation sites (N-methyl/N-ethyl adjacent to an activating group) is 1. The molecule has 3 rings (SSSR count). The van der Waals surface area contributed by atoms with E-state index in [1.165, 1.54) is 17.0 Å². The average molecular weight is 360 g/mol. The summed E-state index contributed by atoms with van der Waals surface area (Å²) in [6, 6.07) is 5.16. The Hall–Kier alpha value is -2.74. The molecule has 1 aliphatic rings. The standard InChI is InChI=1S/C18H21FN4O3/c1-22-15(24)11-26-17(16(22)13-3-5-14(19)6-4-13)18(25)21-7-2-9-23-10-8-20-12-23/h3-6,8,10,12,16-17H,2,7,9,11H2,1H3,(H,21,25). The molecule has 0 saturated carbocycles. The van der Waals surface area contributed by atoms with Crippen LogP contribution in [-0.2, 0) is 20.9 Å². The number of aryl methyl sites for hydroxylation is 1. The number of benzene rings is 1. The number of morpholine rings is 1. The van der Waals surface area contributed by atoms with Crippen LogP contribution in [0.2, 0.25) is 0 Å². The van der Waals surface area contributed by atoms with Gasteiger partial charge in [0.15, 0.2) is 6.10 Å². The first-order valence-corrected chi connectivity index (χ1v) is 8.42. The molecule has 2 unspecified atom stereocenters. The Balaban J connectivity index is 1.63. The average Bonchev–Trinajstić information content (AvgIpc) is 3.15. The summed E-state index contributed by atoms with van der Waals surface area (Å²) in [5, 5.41) is 2.85. The minimum atomic E-state index is -0.837. The zero-order chi connectivity index (χ0) is 18.5. The number of nitrogens with zero attached hydrogens (tertiary/aromatic N) is 3. The molecule has 1 aromatic heterocycles. The maximum absolute atomic E-state index is 13.2. The van der Waals surface area contributed by atoms with Gasteiger partial charge in [-0.15, -0.1) is 0 Å². The Bertz CT molecular complexity index is 748. The Kier molecular flexibility index (Phi) is 5.62. The fourth-order valence-electron chi connectivity index (χ4n) is 2.98. The number of carbonyl (C=O) groups excluding carboxylic acids is 2. The number of hydrogen-bond acceptors (Lipinski definition) is 4. The van der Waals surface area contributed by atoms with Crippen molar-refractivity contribution in [1.82, 2.24) is 19.8 Å². The fraction of sp³-hybridized carbons (Fsp3) is 0.389. The third-order valence-electron chi connectivity index (χ3n) is 4.41. The molecular weight excluding hydrogens is 339 g/mol. The van der Waals surface area contributed by atoms with Crippen molar-refractivity contribution in [1.29, 1.82) is 0 Å². The van der Waals surface area contributed by atoms with Gasteiger partial charge in [-0.2, -0.15) is 0 Å². The van der Waals surface area contributed by atoms with Gasteiger partial charge in [0.2, 0.25) is 5.91 Å². The van der Waals surface area contributed by atoms with E-state index >= 15 is 0 Å². The summed E-state index contributed by atoms with van der Waals surface area (Å²) >= 11 is 0. The van der Waals surface area contributed by atoms with Gasteiger partial charge in [-0.3, -0.25) is 9.59 Å². The summed E-state index contributed by atoms with van der Waals surface area (Å²) in [6.07, 6.45) is 5.18. The lowest BCUT2D eigenvalue weighted by atomic mass is 9.97. The van der Waals surface area contributed by atoms with Crippen molar-refractivity contribution in [3.63, 3.8) is 0 Å². The Labute approximate surface area is 150 Å². The minimum absolute atomic E-state index is 0.151. The molecule has 0 radical (unpaired) electrons. The van der Waals surface area contributed by atoms with Gasteiger partial charge in [-0.1, -0.05) is 12.1 Å². The van der Waals surface area contributed by atoms with Crippen LogP contribution in [-0.4, -0.2) is 52.6 Å². The third kappa shape index (κ3) is 4.08. The topological polar surface area (TPSA) is 76.5 Å². The Morgan fingerprint density at radius 2 is 2.15 bits per heavy atom. The first kappa shape index (κ1) is 18.1. The molecule has 1 fully saturated rings. The van der Waals surface area contributed by atoms with Crippen LogP contribution in [0.5, 0.6) is 0 Å². The smallest absolute Gasteiger partial charge is 0.251 e. The first-order valence-electron chi connectivity index (χ1n) is 8.42. The van der Waals surface area contributed by atoms with Crippen LogP contribution >= 0.6 is 0 Å². The van der Waals surface area contributed by atoms with E-state index in [4.69, 9.17) is 4.74 Å². The molecule has 8 heteroatoms. The second kappa shape index (κ2) is 8.09. The number of aromatic nitrogens is 2. The maximum Gasteiger partial charge on any atom is 0.251 e. The van der Waals surface area contributed by atoms with Crippen LogP contribution in [0.25, 0.3) is 0 Å². The van der Waals surface area contributed by atoms with E-state index in [-0.39, 0.29) is 24.2 Å². The SMILES string of the molecule is CN1C(=O)COC(C(=O)NCCCn2ccnc2)C1c1ccc(F)cc1. The molecule has 0 spiro atoms. The van der Waals surface area contributed by atoms with Crippen LogP contribution in [0.15, 0.2) is 43.0 Å². The van der Waals surface area contributed by atoms with Crippen molar-refractivity contribution in [2.75, 3.05) is 20.2 Å². The van der Waals surface area contributed by atoms with Gasteiger partial charge in [0, 0.05) is 32.5 Å². The fourth-order valence-corrected chi connectivity index (χ4v) is 2.98. The maximum atomic E-state index is 13.2. The molecule has 2 aromatic rings. The second-order valence-electron chi connectivity index (χ2n) is 6.18. The van der Waals surface area contributed by atoms with E-state index in [2.05, 4.69) is 10.3 Å². The molecule has 7 nitrogen and oxygen atoms in total. The van der Waals surface area contributed by atoms with Crippen molar-refractivity contribution in [3.8, 4) is 0 Å². The number of rotatable bonds is 6. The number of imidazole rings is 1. The monoisotopic (exact) mass is 360 g/mol. The van der Waals surface area contributed by atoms with Gasteiger partial charge in [0.25, 0.3) is 5.91 Å². The van der Waals surface area contributed by atoms with Crippen LogP contribution in [0.4, 0.5) is 4.39 Å². The van der Waals surface area contributed by atoms with Crippen molar-refractivity contribution in [2.24, 2.45) is 0 Å². The zero-order valence-corrected chi connectivity index (χ0v) is 14.5. The van der Waals surface area contributed by atoms with Crippen LogP contribution in [0.3, 0.4) is 0 Å². The van der Waals surface area contributed by atoms with Crippen molar-refractivity contribution < 1.29 is 18.7 Å². The Morgan fingerprint density at radius 3 is 2.85 bits per heavy atom. The first-order chi connectivity index (χ1) is 12.6. The van der Waals surface area contributed by atoms with E-state index < -0.39 is 12.1 Å². The lowest BCUT2D eigenvalue weighted by molar-refractivity contribution is -0.162. The van der Waals surface area contributed by atoms with Crippen LogP contribution in [0.1, 0.15) is 18.0 Å². The highest BCUT2D eigenvalue weighted by Crippen LogP contribution is 2.29. The summed E-state index contributed by atoms with van der Waals surface area (Å²) in [6.45, 7) is 1.07. The minimum Gasteiger partial charge on any atom is -0.356 e. The van der Waals surface area contributed by atoms with E-state index in [1.807, 2.05) is 10.8 Å². The molecule has 138 valence electrons. The predicted molar refractivity (Wildman–Crippen MR) is 91.5 cm³/mol. The van der Waals surface area contributed by atoms with Gasteiger partial charge < -0.3 is 19.5 Å². The summed E-state index contributed by atoms with van der Waals surface area (Å²) in [7, 11) is 1.62. The summed E-state index contributed by atoms with van der Waals surface area (Å²) in [5.41, 5.74) is 0.653. The van der Waals surface area contributed by atoms with Crippen LogP contribution in [0, 0.1) is 5.82 Å². The van der Waals surface area contributed by atoms with E-state index in [9.17, 15) is 14.0 Å². The quantitative estimate of drug-likeness (QED) is 0.784. The van der Waals surface area contributed by atoms with Gasteiger partial charge in [-0.25, -0.2) is 9.37 Å². The lowest BCUT2D eigenvalue weighted by Crippen LogP contribution is -2.53. The van der Waals surface area contributed by atoms with E-state index in [1.54, 1.807) is 31.7 Å².